The summed E-state index contributed by atoms with van der Waals surface area (Å²) < 4.78 is 0. The summed E-state index contributed by atoms with van der Waals surface area (Å²) in [5.74, 6) is 0.178. The Morgan fingerprint density at radius 2 is 1.83 bits per heavy atom. The van der Waals surface area contributed by atoms with Crippen molar-refractivity contribution in [1.82, 2.24) is 4.90 Å². The second kappa shape index (κ2) is 5.91. The molecule has 5 heteroatoms. The highest BCUT2D eigenvalue weighted by Gasteiger charge is 2.25. The van der Waals surface area contributed by atoms with Crippen molar-refractivity contribution >= 4 is 29.1 Å². The third-order valence-electron chi connectivity index (χ3n) is 3.34. The van der Waals surface area contributed by atoms with E-state index in [1.165, 1.54) is 0 Å². The van der Waals surface area contributed by atoms with Gasteiger partial charge in [-0.3, -0.25) is 4.79 Å². The molecule has 1 heterocycles. The van der Waals surface area contributed by atoms with E-state index in [2.05, 4.69) is 0 Å². The molecule has 0 spiro atoms. The molecule has 1 fully saturated rings. The van der Waals surface area contributed by atoms with Gasteiger partial charge >= 0.3 is 0 Å². The van der Waals surface area contributed by atoms with E-state index in [0.717, 1.165) is 12.8 Å². The summed E-state index contributed by atoms with van der Waals surface area (Å²) in [6, 6.07) is 5.06. The van der Waals surface area contributed by atoms with Gasteiger partial charge in [0.1, 0.15) is 0 Å². The lowest BCUT2D eigenvalue weighted by molar-refractivity contribution is 0.0651. The fraction of sp³-hybridized carbons (Fsp3) is 0.462. The summed E-state index contributed by atoms with van der Waals surface area (Å²) in [6.45, 7) is 1.48. The molecule has 1 aliphatic rings. The zero-order chi connectivity index (χ0) is 13.1. The van der Waals surface area contributed by atoms with Crippen LogP contribution in [-0.4, -0.2) is 35.6 Å². The van der Waals surface area contributed by atoms with Crippen LogP contribution in [-0.2, 0) is 0 Å². The van der Waals surface area contributed by atoms with Crippen molar-refractivity contribution in [3.05, 3.63) is 33.8 Å². The average molecular weight is 288 g/mol. The van der Waals surface area contributed by atoms with Crippen LogP contribution in [0, 0.1) is 5.92 Å². The zero-order valence-corrected chi connectivity index (χ0v) is 11.4. The maximum atomic E-state index is 12.3. The fourth-order valence-corrected chi connectivity index (χ4v) is 2.74. The Bertz CT molecular complexity index is 422. The molecular formula is C13H15Cl2NO2. The van der Waals surface area contributed by atoms with Crippen molar-refractivity contribution in [2.45, 2.75) is 12.8 Å². The third-order valence-corrected chi connectivity index (χ3v) is 3.97. The van der Waals surface area contributed by atoms with Crippen LogP contribution >= 0.6 is 23.2 Å². The molecule has 0 saturated carbocycles. The summed E-state index contributed by atoms with van der Waals surface area (Å²) in [5.41, 5.74) is 0.378. The highest BCUT2D eigenvalue weighted by Crippen LogP contribution is 2.27. The van der Waals surface area contributed by atoms with Crippen LogP contribution in [0.15, 0.2) is 18.2 Å². The highest BCUT2D eigenvalue weighted by molar-refractivity contribution is 6.39. The van der Waals surface area contributed by atoms with Gasteiger partial charge in [0.15, 0.2) is 0 Å². The van der Waals surface area contributed by atoms with E-state index < -0.39 is 0 Å². The Kier molecular flexibility index (Phi) is 4.49. The van der Waals surface area contributed by atoms with Crippen molar-refractivity contribution in [3.8, 4) is 0 Å². The Morgan fingerprint density at radius 3 is 2.33 bits per heavy atom. The fourth-order valence-electron chi connectivity index (χ4n) is 2.18. The van der Waals surface area contributed by atoms with E-state index in [0.29, 0.717) is 34.6 Å². The smallest absolute Gasteiger partial charge is 0.256 e. The average Bonchev–Trinajstić information content (AvgIpc) is 2.38. The van der Waals surface area contributed by atoms with Crippen molar-refractivity contribution in [2.75, 3.05) is 19.7 Å². The van der Waals surface area contributed by atoms with Crippen molar-refractivity contribution in [1.29, 1.82) is 0 Å². The molecule has 0 bridgehead atoms. The SMILES string of the molecule is O=C(c1c(Cl)cccc1Cl)N1CCC(CO)CC1. The lowest BCUT2D eigenvalue weighted by Gasteiger charge is -2.31. The zero-order valence-electron chi connectivity index (χ0n) is 9.90. The van der Waals surface area contributed by atoms with Crippen LogP contribution in [0.2, 0.25) is 10.0 Å². The van der Waals surface area contributed by atoms with E-state index in [1.54, 1.807) is 23.1 Å². The van der Waals surface area contributed by atoms with Gasteiger partial charge in [0, 0.05) is 19.7 Å². The molecule has 1 aromatic rings. The van der Waals surface area contributed by atoms with E-state index in [9.17, 15) is 4.79 Å². The number of halogens is 2. The van der Waals surface area contributed by atoms with Gasteiger partial charge in [-0.1, -0.05) is 29.3 Å². The lowest BCUT2D eigenvalue weighted by Crippen LogP contribution is -2.39. The van der Waals surface area contributed by atoms with Crippen LogP contribution in [0.4, 0.5) is 0 Å². The van der Waals surface area contributed by atoms with Gasteiger partial charge in [0.2, 0.25) is 0 Å². The first-order valence-electron chi connectivity index (χ1n) is 5.97. The number of likely N-dealkylation sites (tertiary alicyclic amines) is 1. The molecular weight excluding hydrogens is 273 g/mol. The summed E-state index contributed by atoms with van der Waals surface area (Å²) in [6.07, 6.45) is 1.65. The van der Waals surface area contributed by atoms with Crippen LogP contribution in [0.25, 0.3) is 0 Å². The first-order chi connectivity index (χ1) is 8.63. The van der Waals surface area contributed by atoms with E-state index in [4.69, 9.17) is 28.3 Å². The Morgan fingerprint density at radius 1 is 1.28 bits per heavy atom. The maximum absolute atomic E-state index is 12.3. The lowest BCUT2D eigenvalue weighted by atomic mass is 9.97. The second-order valence-corrected chi connectivity index (χ2v) is 5.33. The van der Waals surface area contributed by atoms with E-state index in [1.807, 2.05) is 0 Å². The first kappa shape index (κ1) is 13.7. The molecule has 3 nitrogen and oxygen atoms in total. The molecule has 0 unspecified atom stereocenters. The van der Waals surface area contributed by atoms with E-state index >= 15 is 0 Å². The summed E-state index contributed by atoms with van der Waals surface area (Å²) in [4.78, 5) is 14.1. The number of aliphatic hydroxyl groups excluding tert-OH is 1. The predicted molar refractivity (Wildman–Crippen MR) is 72.2 cm³/mol. The molecule has 18 heavy (non-hydrogen) atoms. The minimum absolute atomic E-state index is 0.123. The molecule has 0 aliphatic carbocycles. The summed E-state index contributed by atoms with van der Waals surface area (Å²) in [5, 5.41) is 9.85. The van der Waals surface area contributed by atoms with Crippen molar-refractivity contribution in [2.24, 2.45) is 5.92 Å². The van der Waals surface area contributed by atoms with Crippen LogP contribution in [0.3, 0.4) is 0 Å². The van der Waals surface area contributed by atoms with Crippen LogP contribution in [0.1, 0.15) is 23.2 Å². The summed E-state index contributed by atoms with van der Waals surface area (Å²) >= 11 is 12.1. The molecule has 2 rings (SSSR count). The molecule has 0 atom stereocenters. The molecule has 98 valence electrons. The Labute approximate surface area is 116 Å². The van der Waals surface area contributed by atoms with Gasteiger partial charge in [-0.25, -0.2) is 0 Å². The number of carbonyl (C=O) groups excluding carboxylic acids is 1. The molecule has 1 aromatic carbocycles. The topological polar surface area (TPSA) is 40.5 Å². The summed E-state index contributed by atoms with van der Waals surface area (Å²) in [7, 11) is 0. The minimum Gasteiger partial charge on any atom is -0.396 e. The normalized spacial score (nSPS) is 16.9. The number of aliphatic hydroxyl groups is 1. The number of benzene rings is 1. The Hall–Kier alpha value is -0.770. The van der Waals surface area contributed by atoms with E-state index in [-0.39, 0.29) is 12.5 Å². The third kappa shape index (κ3) is 2.79. The highest BCUT2D eigenvalue weighted by atomic mass is 35.5. The van der Waals surface area contributed by atoms with Crippen molar-refractivity contribution in [3.63, 3.8) is 0 Å². The van der Waals surface area contributed by atoms with Gasteiger partial charge in [-0.05, 0) is 30.9 Å². The molecule has 1 aliphatic heterocycles. The van der Waals surface area contributed by atoms with Crippen molar-refractivity contribution < 1.29 is 9.90 Å². The largest absolute Gasteiger partial charge is 0.396 e. The number of amides is 1. The minimum atomic E-state index is -0.123. The molecule has 1 saturated heterocycles. The number of nitrogens with zero attached hydrogens (tertiary/aromatic N) is 1. The molecule has 0 radical (unpaired) electrons. The molecule has 1 amide bonds. The van der Waals surface area contributed by atoms with Crippen LogP contribution in [0.5, 0.6) is 0 Å². The number of hydrogen-bond donors (Lipinski definition) is 1. The number of rotatable bonds is 2. The number of piperidine rings is 1. The van der Waals surface area contributed by atoms with Gasteiger partial charge in [-0.2, -0.15) is 0 Å². The van der Waals surface area contributed by atoms with Gasteiger partial charge in [0.05, 0.1) is 15.6 Å². The quantitative estimate of drug-likeness (QED) is 0.909. The van der Waals surface area contributed by atoms with Gasteiger partial charge < -0.3 is 10.0 Å². The molecule has 1 N–H and O–H groups in total. The maximum Gasteiger partial charge on any atom is 0.256 e. The van der Waals surface area contributed by atoms with Gasteiger partial charge in [-0.15, -0.1) is 0 Å². The van der Waals surface area contributed by atoms with Crippen LogP contribution < -0.4 is 0 Å². The first-order valence-corrected chi connectivity index (χ1v) is 6.73. The predicted octanol–water partition coefficient (Wildman–Crippen LogP) is 2.84. The number of carbonyl (C=O) groups is 1. The monoisotopic (exact) mass is 287 g/mol. The molecule has 0 aromatic heterocycles. The van der Waals surface area contributed by atoms with Gasteiger partial charge in [0.25, 0.3) is 5.91 Å². The Balaban J connectivity index is 2.13. The standard InChI is InChI=1S/C13H15Cl2NO2/c14-10-2-1-3-11(15)12(10)13(18)16-6-4-9(8-17)5-7-16/h1-3,9,17H,4-8H2. The number of hydrogen-bond acceptors (Lipinski definition) is 2. The second-order valence-electron chi connectivity index (χ2n) is 4.51.